The van der Waals surface area contributed by atoms with Gasteiger partial charge in [0.1, 0.15) is 0 Å². The summed E-state index contributed by atoms with van der Waals surface area (Å²) in [4.78, 5) is 11.5. The quantitative estimate of drug-likeness (QED) is 0.665. The van der Waals surface area contributed by atoms with Gasteiger partial charge in [-0.15, -0.1) is 0 Å². The maximum Gasteiger partial charge on any atom is 0.237 e. The van der Waals surface area contributed by atoms with E-state index in [4.69, 9.17) is 10.5 Å². The molecule has 1 fully saturated rings. The van der Waals surface area contributed by atoms with E-state index in [1.165, 1.54) is 25.7 Å². The number of amides is 1. The van der Waals surface area contributed by atoms with Crippen molar-refractivity contribution in [3.8, 4) is 0 Å². The van der Waals surface area contributed by atoms with Crippen LogP contribution in [0.1, 0.15) is 59.3 Å². The van der Waals surface area contributed by atoms with E-state index in [1.54, 1.807) is 0 Å². The number of hydrogen-bond acceptors (Lipinski definition) is 3. The summed E-state index contributed by atoms with van der Waals surface area (Å²) >= 11 is 0. The van der Waals surface area contributed by atoms with Gasteiger partial charge in [0.2, 0.25) is 5.91 Å². The molecule has 0 aromatic carbocycles. The molecule has 1 aliphatic rings. The highest BCUT2D eigenvalue weighted by Gasteiger charge is 2.29. The summed E-state index contributed by atoms with van der Waals surface area (Å²) in [6.07, 6.45) is 6.96. The first-order valence-electron chi connectivity index (χ1n) is 7.64. The van der Waals surface area contributed by atoms with Crippen LogP contribution < -0.4 is 11.1 Å². The second kappa shape index (κ2) is 7.85. The molecule has 19 heavy (non-hydrogen) atoms. The lowest BCUT2D eigenvalue weighted by Crippen LogP contribution is -2.53. The molecule has 1 atom stereocenters. The van der Waals surface area contributed by atoms with Crippen LogP contribution in [-0.2, 0) is 9.53 Å². The molecule has 0 spiro atoms. The van der Waals surface area contributed by atoms with Crippen molar-refractivity contribution in [3.05, 3.63) is 0 Å². The zero-order chi connectivity index (χ0) is 14.3. The van der Waals surface area contributed by atoms with E-state index < -0.39 is 5.54 Å². The summed E-state index contributed by atoms with van der Waals surface area (Å²) in [5.41, 5.74) is 4.86. The Morgan fingerprint density at radius 1 is 1.37 bits per heavy atom. The third-order valence-electron chi connectivity index (χ3n) is 4.25. The largest absolute Gasteiger partial charge is 0.378 e. The third kappa shape index (κ3) is 5.49. The van der Waals surface area contributed by atoms with Gasteiger partial charge in [0.25, 0.3) is 0 Å². The molecule has 0 saturated heterocycles. The van der Waals surface area contributed by atoms with E-state index >= 15 is 0 Å². The number of carbonyl (C=O) groups excluding carboxylic acids is 1. The van der Waals surface area contributed by atoms with Crippen molar-refractivity contribution >= 4 is 5.91 Å². The van der Waals surface area contributed by atoms with Crippen LogP contribution in [0.2, 0.25) is 0 Å². The van der Waals surface area contributed by atoms with Crippen LogP contribution in [0, 0.1) is 5.92 Å². The molecule has 0 radical (unpaired) electrons. The van der Waals surface area contributed by atoms with E-state index in [1.807, 2.05) is 13.8 Å². The molecular formula is C15H30N2O2. The van der Waals surface area contributed by atoms with Crippen LogP contribution in [0.25, 0.3) is 0 Å². The van der Waals surface area contributed by atoms with Crippen molar-refractivity contribution < 1.29 is 9.53 Å². The Kier molecular flexibility index (Phi) is 6.80. The molecule has 112 valence electrons. The molecule has 0 aromatic heterocycles. The summed E-state index contributed by atoms with van der Waals surface area (Å²) < 4.78 is 5.90. The number of nitrogens with two attached hydrogens (primary N) is 1. The molecule has 0 aromatic rings. The fourth-order valence-corrected chi connectivity index (χ4v) is 2.76. The van der Waals surface area contributed by atoms with Gasteiger partial charge in [-0.1, -0.05) is 13.8 Å². The Bertz CT molecular complexity index is 275. The monoisotopic (exact) mass is 270 g/mol. The highest BCUT2D eigenvalue weighted by molar-refractivity contribution is 5.84. The van der Waals surface area contributed by atoms with Gasteiger partial charge in [0.05, 0.1) is 11.6 Å². The normalized spacial score (nSPS) is 26.9. The van der Waals surface area contributed by atoms with Crippen molar-refractivity contribution in [2.24, 2.45) is 11.7 Å². The maximum atomic E-state index is 11.5. The minimum Gasteiger partial charge on any atom is -0.378 e. The van der Waals surface area contributed by atoms with Gasteiger partial charge >= 0.3 is 0 Å². The molecule has 1 unspecified atom stereocenters. The lowest BCUT2D eigenvalue weighted by Gasteiger charge is -2.28. The van der Waals surface area contributed by atoms with Crippen molar-refractivity contribution in [3.63, 3.8) is 0 Å². The van der Waals surface area contributed by atoms with Gasteiger partial charge in [-0.05, 0) is 57.9 Å². The van der Waals surface area contributed by atoms with E-state index in [2.05, 4.69) is 12.2 Å². The Labute approximate surface area is 117 Å². The van der Waals surface area contributed by atoms with E-state index in [-0.39, 0.29) is 5.91 Å². The van der Waals surface area contributed by atoms with E-state index in [9.17, 15) is 4.79 Å². The molecule has 1 rings (SSSR count). The zero-order valence-electron chi connectivity index (χ0n) is 12.7. The van der Waals surface area contributed by atoms with Gasteiger partial charge in [-0.3, -0.25) is 4.79 Å². The summed E-state index contributed by atoms with van der Waals surface area (Å²) in [6.45, 7) is 7.65. The number of carbonyl (C=O) groups is 1. The minimum atomic E-state index is -0.598. The highest BCUT2D eigenvalue weighted by Crippen LogP contribution is 2.25. The number of ether oxygens (including phenoxy) is 1. The van der Waals surface area contributed by atoms with Crippen molar-refractivity contribution in [2.45, 2.75) is 70.9 Å². The maximum absolute atomic E-state index is 11.5. The van der Waals surface area contributed by atoms with Crippen LogP contribution in [-0.4, -0.2) is 30.7 Å². The molecular weight excluding hydrogens is 240 g/mol. The SMILES string of the molecule is CCNC(C)(CCCOC1CCC(C)CC1)C(N)=O. The number of likely N-dealkylation sites (N-methyl/N-ethyl adjacent to an activating group) is 1. The average molecular weight is 270 g/mol. The van der Waals surface area contributed by atoms with Crippen molar-refractivity contribution in [1.82, 2.24) is 5.32 Å². The standard InChI is InChI=1S/C15H30N2O2/c1-4-17-15(3,14(16)18)10-5-11-19-13-8-6-12(2)7-9-13/h12-13,17H,4-11H2,1-3H3,(H2,16,18). The summed E-state index contributed by atoms with van der Waals surface area (Å²) in [7, 11) is 0. The van der Waals surface area contributed by atoms with Crippen LogP contribution in [0.3, 0.4) is 0 Å². The molecule has 4 heteroatoms. The first-order chi connectivity index (χ1) is 8.98. The molecule has 0 aliphatic heterocycles. The van der Waals surface area contributed by atoms with E-state index in [0.717, 1.165) is 31.9 Å². The number of nitrogens with one attached hydrogen (secondary N) is 1. The third-order valence-corrected chi connectivity index (χ3v) is 4.25. The molecule has 1 saturated carbocycles. The number of rotatable bonds is 8. The van der Waals surface area contributed by atoms with Crippen LogP contribution >= 0.6 is 0 Å². The van der Waals surface area contributed by atoms with Gasteiger partial charge in [-0.2, -0.15) is 0 Å². The molecule has 3 N–H and O–H groups in total. The average Bonchev–Trinajstić information content (AvgIpc) is 2.37. The number of hydrogen-bond donors (Lipinski definition) is 2. The molecule has 0 heterocycles. The lowest BCUT2D eigenvalue weighted by atomic mass is 9.89. The molecule has 1 amide bonds. The Morgan fingerprint density at radius 2 is 2.00 bits per heavy atom. The summed E-state index contributed by atoms with van der Waals surface area (Å²) in [5, 5.41) is 3.17. The first-order valence-corrected chi connectivity index (χ1v) is 7.64. The van der Waals surface area contributed by atoms with Crippen LogP contribution in [0.5, 0.6) is 0 Å². The minimum absolute atomic E-state index is 0.277. The topological polar surface area (TPSA) is 64.3 Å². The van der Waals surface area contributed by atoms with Gasteiger partial charge in [-0.25, -0.2) is 0 Å². The van der Waals surface area contributed by atoms with Crippen LogP contribution in [0.4, 0.5) is 0 Å². The predicted octanol–water partition coefficient (Wildman–Crippen LogP) is 2.22. The lowest BCUT2D eigenvalue weighted by molar-refractivity contribution is -0.124. The fraction of sp³-hybridized carbons (Fsp3) is 0.933. The zero-order valence-corrected chi connectivity index (χ0v) is 12.7. The Hall–Kier alpha value is -0.610. The Morgan fingerprint density at radius 3 is 2.53 bits per heavy atom. The van der Waals surface area contributed by atoms with Gasteiger partial charge in [0.15, 0.2) is 0 Å². The van der Waals surface area contributed by atoms with Gasteiger partial charge < -0.3 is 15.8 Å². The molecule has 0 bridgehead atoms. The second-order valence-electron chi connectivity index (χ2n) is 6.08. The molecule has 1 aliphatic carbocycles. The summed E-state index contributed by atoms with van der Waals surface area (Å²) in [5.74, 6) is 0.576. The van der Waals surface area contributed by atoms with Crippen molar-refractivity contribution in [2.75, 3.05) is 13.2 Å². The second-order valence-corrected chi connectivity index (χ2v) is 6.08. The predicted molar refractivity (Wildman–Crippen MR) is 77.9 cm³/mol. The Balaban J connectivity index is 2.20. The van der Waals surface area contributed by atoms with Crippen LogP contribution in [0.15, 0.2) is 0 Å². The van der Waals surface area contributed by atoms with Crippen molar-refractivity contribution in [1.29, 1.82) is 0 Å². The molecule has 4 nitrogen and oxygen atoms in total. The summed E-state index contributed by atoms with van der Waals surface area (Å²) in [6, 6.07) is 0. The number of primary amides is 1. The van der Waals surface area contributed by atoms with Gasteiger partial charge in [0, 0.05) is 6.61 Å². The van der Waals surface area contributed by atoms with E-state index in [0.29, 0.717) is 6.10 Å². The highest BCUT2D eigenvalue weighted by atomic mass is 16.5. The smallest absolute Gasteiger partial charge is 0.237 e. The fourth-order valence-electron chi connectivity index (χ4n) is 2.76. The first kappa shape index (κ1) is 16.4.